The molecule has 21 heavy (non-hydrogen) atoms. The van der Waals surface area contributed by atoms with Crippen LogP contribution in [0, 0.1) is 0 Å². The second-order valence-corrected chi connectivity index (χ2v) is 5.80. The van der Waals surface area contributed by atoms with Gasteiger partial charge in [-0.1, -0.05) is 37.7 Å². The fourth-order valence-corrected chi connectivity index (χ4v) is 2.45. The van der Waals surface area contributed by atoms with Gasteiger partial charge in [-0.3, -0.25) is 4.79 Å². The van der Waals surface area contributed by atoms with Crippen LogP contribution in [0.1, 0.15) is 31.7 Å². The van der Waals surface area contributed by atoms with E-state index in [9.17, 15) is 4.79 Å². The summed E-state index contributed by atoms with van der Waals surface area (Å²) in [6, 6.07) is 7.99. The normalized spacial score (nSPS) is 12.1. The van der Waals surface area contributed by atoms with Crippen molar-refractivity contribution >= 4 is 23.4 Å². The Morgan fingerprint density at radius 1 is 1.38 bits per heavy atom. The van der Waals surface area contributed by atoms with Crippen LogP contribution in [0.5, 0.6) is 0 Å². The summed E-state index contributed by atoms with van der Waals surface area (Å²) in [4.78, 5) is 11.9. The van der Waals surface area contributed by atoms with E-state index in [0.29, 0.717) is 11.1 Å². The second kappa shape index (κ2) is 7.21. The van der Waals surface area contributed by atoms with E-state index in [1.165, 1.54) is 17.3 Å². The number of aryl methyl sites for hydroxylation is 1. The third-order valence-electron chi connectivity index (χ3n) is 3.29. The predicted octanol–water partition coefficient (Wildman–Crippen LogP) is 2.45. The lowest BCUT2D eigenvalue weighted by molar-refractivity contribution is -0.113. The number of hydrogen-bond donors (Lipinski definition) is 1. The third-order valence-corrected chi connectivity index (χ3v) is 4.30. The van der Waals surface area contributed by atoms with E-state index in [1.807, 2.05) is 12.1 Å². The van der Waals surface area contributed by atoms with Crippen molar-refractivity contribution in [1.29, 1.82) is 0 Å². The van der Waals surface area contributed by atoms with Crippen LogP contribution in [-0.4, -0.2) is 31.9 Å². The van der Waals surface area contributed by atoms with Crippen LogP contribution in [0.15, 0.2) is 29.4 Å². The molecule has 1 heterocycles. The number of thioether (sulfide) groups is 1. The van der Waals surface area contributed by atoms with Gasteiger partial charge in [0.2, 0.25) is 11.1 Å². The van der Waals surface area contributed by atoms with Crippen LogP contribution in [0.25, 0.3) is 0 Å². The highest BCUT2D eigenvalue weighted by Crippen LogP contribution is 2.20. The van der Waals surface area contributed by atoms with Gasteiger partial charge in [-0.15, -0.1) is 5.10 Å². The largest absolute Gasteiger partial charge is 0.325 e. The van der Waals surface area contributed by atoms with E-state index in [0.717, 1.165) is 12.1 Å². The molecule has 1 atom stereocenters. The minimum Gasteiger partial charge on any atom is -0.325 e. The smallest absolute Gasteiger partial charge is 0.234 e. The van der Waals surface area contributed by atoms with Gasteiger partial charge in [0.1, 0.15) is 0 Å². The first-order chi connectivity index (χ1) is 10.1. The van der Waals surface area contributed by atoms with Gasteiger partial charge >= 0.3 is 0 Å². The van der Waals surface area contributed by atoms with Crippen molar-refractivity contribution in [2.24, 2.45) is 7.05 Å². The molecule has 0 aliphatic rings. The zero-order chi connectivity index (χ0) is 15.2. The highest BCUT2D eigenvalue weighted by atomic mass is 32.2. The molecule has 1 N–H and O–H groups in total. The number of anilines is 1. The number of carbonyl (C=O) groups excluding carboxylic acids is 1. The maximum atomic E-state index is 11.9. The Labute approximate surface area is 128 Å². The summed E-state index contributed by atoms with van der Waals surface area (Å²) in [6.07, 6.45) is 1.11. The van der Waals surface area contributed by atoms with Gasteiger partial charge in [-0.05, 0) is 40.5 Å². The van der Waals surface area contributed by atoms with Crippen molar-refractivity contribution in [3.8, 4) is 0 Å². The molecule has 0 aliphatic heterocycles. The molecule has 0 radical (unpaired) electrons. The lowest BCUT2D eigenvalue weighted by Crippen LogP contribution is -2.14. The van der Waals surface area contributed by atoms with Crippen LogP contribution in [0.4, 0.5) is 5.69 Å². The Hall–Kier alpha value is -1.89. The van der Waals surface area contributed by atoms with Gasteiger partial charge in [0.25, 0.3) is 0 Å². The molecule has 2 aromatic rings. The number of carbonyl (C=O) groups is 1. The maximum absolute atomic E-state index is 11.9. The van der Waals surface area contributed by atoms with Gasteiger partial charge in [-0.2, -0.15) is 0 Å². The maximum Gasteiger partial charge on any atom is 0.234 e. The first-order valence-electron chi connectivity index (χ1n) is 6.85. The van der Waals surface area contributed by atoms with E-state index in [2.05, 4.69) is 46.8 Å². The van der Waals surface area contributed by atoms with Crippen LogP contribution in [0.3, 0.4) is 0 Å². The van der Waals surface area contributed by atoms with Crippen molar-refractivity contribution in [3.05, 3.63) is 29.8 Å². The van der Waals surface area contributed by atoms with Crippen LogP contribution in [-0.2, 0) is 11.8 Å². The van der Waals surface area contributed by atoms with Crippen molar-refractivity contribution < 1.29 is 4.79 Å². The topological polar surface area (TPSA) is 72.7 Å². The minimum absolute atomic E-state index is 0.0701. The standard InChI is InChI=1S/C14H19N5OS/c1-4-10(2)11-5-7-12(8-6-11)15-13(20)9-21-14-16-17-18-19(14)3/h5-8,10H,4,9H2,1-3H3,(H,15,20)/t10-/m1/s1. The summed E-state index contributed by atoms with van der Waals surface area (Å²) >= 11 is 1.31. The molecule has 0 fully saturated rings. The van der Waals surface area contributed by atoms with E-state index in [1.54, 1.807) is 11.7 Å². The first kappa shape index (κ1) is 15.5. The number of rotatable bonds is 6. The highest BCUT2D eigenvalue weighted by Gasteiger charge is 2.08. The molecule has 1 amide bonds. The molecule has 2 rings (SSSR count). The molecule has 6 nitrogen and oxygen atoms in total. The van der Waals surface area contributed by atoms with Crippen LogP contribution < -0.4 is 5.32 Å². The fourth-order valence-electron chi connectivity index (χ4n) is 1.80. The van der Waals surface area contributed by atoms with Gasteiger partial charge in [0.15, 0.2) is 0 Å². The van der Waals surface area contributed by atoms with Crippen LogP contribution >= 0.6 is 11.8 Å². The predicted molar refractivity (Wildman–Crippen MR) is 83.3 cm³/mol. The van der Waals surface area contributed by atoms with E-state index in [-0.39, 0.29) is 11.7 Å². The zero-order valence-corrected chi connectivity index (χ0v) is 13.2. The molecule has 0 spiro atoms. The van der Waals surface area contributed by atoms with Crippen LogP contribution in [0.2, 0.25) is 0 Å². The van der Waals surface area contributed by atoms with Gasteiger partial charge in [-0.25, -0.2) is 4.68 Å². The fraction of sp³-hybridized carbons (Fsp3) is 0.429. The SMILES string of the molecule is CC[C@@H](C)c1ccc(NC(=O)CSc2nnnn2C)cc1. The molecule has 0 unspecified atom stereocenters. The van der Waals surface area contributed by atoms with E-state index in [4.69, 9.17) is 0 Å². The second-order valence-electron chi connectivity index (χ2n) is 4.85. The molecule has 0 bridgehead atoms. The highest BCUT2D eigenvalue weighted by molar-refractivity contribution is 7.99. The number of nitrogens with zero attached hydrogens (tertiary/aromatic N) is 4. The van der Waals surface area contributed by atoms with Gasteiger partial charge < -0.3 is 5.32 Å². The molecular formula is C14H19N5OS. The van der Waals surface area contributed by atoms with Gasteiger partial charge in [0.05, 0.1) is 5.75 Å². The molecule has 1 aromatic heterocycles. The number of amides is 1. The summed E-state index contributed by atoms with van der Waals surface area (Å²) < 4.78 is 1.54. The Kier molecular flexibility index (Phi) is 5.32. The lowest BCUT2D eigenvalue weighted by atomic mass is 9.99. The lowest BCUT2D eigenvalue weighted by Gasteiger charge is -2.10. The minimum atomic E-state index is -0.0701. The number of tetrazole rings is 1. The number of hydrogen-bond acceptors (Lipinski definition) is 5. The van der Waals surface area contributed by atoms with Crippen molar-refractivity contribution in [1.82, 2.24) is 20.2 Å². The Bertz CT molecular complexity index is 596. The summed E-state index contributed by atoms with van der Waals surface area (Å²) in [5.41, 5.74) is 2.10. The number of nitrogens with one attached hydrogen (secondary N) is 1. The zero-order valence-electron chi connectivity index (χ0n) is 12.4. The average molecular weight is 305 g/mol. The molecule has 0 saturated heterocycles. The Balaban J connectivity index is 1.86. The third kappa shape index (κ3) is 4.29. The Morgan fingerprint density at radius 2 is 2.10 bits per heavy atom. The number of benzene rings is 1. The molecule has 112 valence electrons. The van der Waals surface area contributed by atoms with Crippen molar-refractivity contribution in [3.63, 3.8) is 0 Å². The van der Waals surface area contributed by atoms with Gasteiger partial charge in [0, 0.05) is 12.7 Å². The Morgan fingerprint density at radius 3 is 2.67 bits per heavy atom. The first-order valence-corrected chi connectivity index (χ1v) is 7.83. The average Bonchev–Trinajstić information content (AvgIpc) is 2.90. The van der Waals surface area contributed by atoms with Crippen molar-refractivity contribution in [2.45, 2.75) is 31.3 Å². The van der Waals surface area contributed by atoms with E-state index >= 15 is 0 Å². The summed E-state index contributed by atoms with van der Waals surface area (Å²) in [5, 5.41) is 14.6. The molecule has 0 aliphatic carbocycles. The molecular weight excluding hydrogens is 286 g/mol. The number of aromatic nitrogens is 4. The summed E-state index contributed by atoms with van der Waals surface area (Å²) in [5.74, 6) is 0.745. The summed E-state index contributed by atoms with van der Waals surface area (Å²) in [6.45, 7) is 4.36. The monoisotopic (exact) mass is 305 g/mol. The van der Waals surface area contributed by atoms with E-state index < -0.39 is 0 Å². The molecule has 7 heteroatoms. The summed E-state index contributed by atoms with van der Waals surface area (Å²) in [7, 11) is 1.74. The quantitative estimate of drug-likeness (QED) is 0.830. The molecule has 1 aromatic carbocycles. The van der Waals surface area contributed by atoms with Crippen molar-refractivity contribution in [2.75, 3.05) is 11.1 Å². The molecule has 0 saturated carbocycles.